The molecule has 0 aliphatic carbocycles. The molecule has 9 nitrogen and oxygen atoms in total. The summed E-state index contributed by atoms with van der Waals surface area (Å²) in [4.78, 5) is 29.6. The number of amides is 3. The third kappa shape index (κ3) is 4.34. The Morgan fingerprint density at radius 1 is 1.03 bits per heavy atom. The number of hydrogen-bond acceptors (Lipinski definition) is 6. The van der Waals surface area contributed by atoms with Gasteiger partial charge in [0.25, 0.3) is 0 Å². The van der Waals surface area contributed by atoms with E-state index < -0.39 is 6.04 Å². The van der Waals surface area contributed by atoms with Crippen LogP contribution in [0.15, 0.2) is 34.7 Å². The van der Waals surface area contributed by atoms with E-state index in [1.165, 1.54) is 0 Å². The SMILES string of the molecule is O=C1C(NC(=O)N2CCCCC2c2nnc([C@H]3CCCO3)o2)CCN1Cc1ccccc1. The molecule has 0 bridgehead atoms. The molecule has 3 atom stereocenters. The van der Waals surface area contributed by atoms with Crippen molar-refractivity contribution in [3.63, 3.8) is 0 Å². The molecule has 1 N–H and O–H groups in total. The summed E-state index contributed by atoms with van der Waals surface area (Å²) >= 11 is 0. The second-order valence-electron chi connectivity index (χ2n) is 8.72. The van der Waals surface area contributed by atoms with Crippen LogP contribution in [0.1, 0.15) is 68.0 Å². The van der Waals surface area contributed by atoms with Gasteiger partial charge in [-0.2, -0.15) is 0 Å². The molecule has 4 heterocycles. The van der Waals surface area contributed by atoms with Gasteiger partial charge in [0.15, 0.2) is 0 Å². The third-order valence-electron chi connectivity index (χ3n) is 6.52. The molecule has 9 heteroatoms. The number of nitrogens with zero attached hydrogens (tertiary/aromatic N) is 4. The lowest BCUT2D eigenvalue weighted by Crippen LogP contribution is -2.50. The highest BCUT2D eigenvalue weighted by molar-refractivity contribution is 5.88. The van der Waals surface area contributed by atoms with Crippen LogP contribution in [0.2, 0.25) is 0 Å². The van der Waals surface area contributed by atoms with Crippen molar-refractivity contribution in [1.29, 1.82) is 0 Å². The van der Waals surface area contributed by atoms with Gasteiger partial charge in [-0.15, -0.1) is 10.2 Å². The lowest BCUT2D eigenvalue weighted by Gasteiger charge is -2.34. The molecule has 0 saturated carbocycles. The number of aromatic nitrogens is 2. The minimum atomic E-state index is -0.501. The Morgan fingerprint density at radius 2 is 1.88 bits per heavy atom. The van der Waals surface area contributed by atoms with Crippen molar-refractivity contribution in [3.8, 4) is 0 Å². The van der Waals surface area contributed by atoms with Gasteiger partial charge < -0.3 is 24.3 Å². The van der Waals surface area contributed by atoms with Crippen LogP contribution in [-0.2, 0) is 16.1 Å². The highest BCUT2D eigenvalue weighted by Crippen LogP contribution is 2.33. The van der Waals surface area contributed by atoms with Gasteiger partial charge in [-0.05, 0) is 44.1 Å². The van der Waals surface area contributed by atoms with Crippen molar-refractivity contribution in [2.24, 2.45) is 0 Å². The number of rotatable bonds is 5. The largest absolute Gasteiger partial charge is 0.420 e. The number of benzene rings is 1. The van der Waals surface area contributed by atoms with E-state index >= 15 is 0 Å². The topological polar surface area (TPSA) is 101 Å². The smallest absolute Gasteiger partial charge is 0.318 e. The van der Waals surface area contributed by atoms with E-state index in [-0.39, 0.29) is 24.1 Å². The lowest BCUT2D eigenvalue weighted by atomic mass is 10.0. The molecule has 3 saturated heterocycles. The average molecular weight is 440 g/mol. The number of ether oxygens (including phenoxy) is 1. The van der Waals surface area contributed by atoms with Crippen LogP contribution in [0, 0.1) is 0 Å². The maximum absolute atomic E-state index is 13.1. The summed E-state index contributed by atoms with van der Waals surface area (Å²) in [5.74, 6) is 0.911. The standard InChI is InChI=1S/C23H29N5O4/c29-22-17(11-13-27(22)15-16-7-2-1-3-8-16)24-23(30)28-12-5-4-9-18(28)20-25-26-21(32-20)19-10-6-14-31-19/h1-3,7-8,17-19H,4-6,9-15H2,(H,24,30)/t17?,18?,19-/m1/s1. The number of likely N-dealkylation sites (tertiary alicyclic amines) is 2. The molecule has 0 radical (unpaired) electrons. The van der Waals surface area contributed by atoms with E-state index in [2.05, 4.69) is 15.5 Å². The molecule has 32 heavy (non-hydrogen) atoms. The molecule has 2 aromatic rings. The average Bonchev–Trinajstić information content (AvgIpc) is 3.58. The second kappa shape index (κ2) is 9.28. The lowest BCUT2D eigenvalue weighted by molar-refractivity contribution is -0.129. The van der Waals surface area contributed by atoms with Crippen molar-refractivity contribution in [2.45, 2.75) is 63.3 Å². The quantitative estimate of drug-likeness (QED) is 0.769. The third-order valence-corrected chi connectivity index (χ3v) is 6.52. The van der Waals surface area contributed by atoms with E-state index in [9.17, 15) is 9.59 Å². The summed E-state index contributed by atoms with van der Waals surface area (Å²) in [7, 11) is 0. The molecule has 3 aliphatic heterocycles. The normalized spacial score (nSPS) is 26.0. The van der Waals surface area contributed by atoms with Crippen LogP contribution in [0.3, 0.4) is 0 Å². The van der Waals surface area contributed by atoms with Crippen LogP contribution in [0.25, 0.3) is 0 Å². The Morgan fingerprint density at radius 3 is 2.69 bits per heavy atom. The van der Waals surface area contributed by atoms with Gasteiger partial charge in [-0.1, -0.05) is 30.3 Å². The monoisotopic (exact) mass is 439 g/mol. The van der Waals surface area contributed by atoms with Crippen molar-refractivity contribution in [3.05, 3.63) is 47.7 Å². The number of urea groups is 1. The predicted molar refractivity (Wildman–Crippen MR) is 114 cm³/mol. The molecular formula is C23H29N5O4. The van der Waals surface area contributed by atoms with E-state index in [1.54, 1.807) is 9.80 Å². The Balaban J connectivity index is 1.22. The summed E-state index contributed by atoms with van der Waals surface area (Å²) in [6.07, 6.45) is 4.98. The van der Waals surface area contributed by atoms with Crippen LogP contribution in [0.4, 0.5) is 4.79 Å². The van der Waals surface area contributed by atoms with Gasteiger partial charge in [0.05, 0.1) is 0 Å². The van der Waals surface area contributed by atoms with Gasteiger partial charge >= 0.3 is 6.03 Å². The van der Waals surface area contributed by atoms with Crippen LogP contribution in [-0.4, -0.2) is 57.7 Å². The first-order chi connectivity index (χ1) is 15.7. The molecule has 3 aliphatic rings. The van der Waals surface area contributed by atoms with Crippen LogP contribution in [0.5, 0.6) is 0 Å². The van der Waals surface area contributed by atoms with Gasteiger partial charge in [0, 0.05) is 26.2 Å². The molecule has 1 aromatic heterocycles. The summed E-state index contributed by atoms with van der Waals surface area (Å²) in [5, 5.41) is 11.4. The zero-order valence-electron chi connectivity index (χ0n) is 18.1. The van der Waals surface area contributed by atoms with Gasteiger partial charge in [0.1, 0.15) is 18.2 Å². The minimum Gasteiger partial charge on any atom is -0.420 e. The van der Waals surface area contributed by atoms with Crippen molar-refractivity contribution < 1.29 is 18.7 Å². The zero-order chi connectivity index (χ0) is 21.9. The fourth-order valence-corrected chi connectivity index (χ4v) is 4.78. The molecule has 0 spiro atoms. The van der Waals surface area contributed by atoms with Crippen LogP contribution >= 0.6 is 0 Å². The van der Waals surface area contributed by atoms with Crippen molar-refractivity contribution >= 4 is 11.9 Å². The molecule has 170 valence electrons. The Bertz CT molecular complexity index is 943. The van der Waals surface area contributed by atoms with Crippen molar-refractivity contribution in [1.82, 2.24) is 25.3 Å². The van der Waals surface area contributed by atoms with E-state index in [0.717, 1.165) is 37.7 Å². The van der Waals surface area contributed by atoms with Crippen LogP contribution < -0.4 is 5.32 Å². The Kier molecular flexibility index (Phi) is 6.07. The number of piperidine rings is 1. The number of carbonyl (C=O) groups is 2. The van der Waals surface area contributed by atoms with Gasteiger partial charge in [-0.25, -0.2) is 4.79 Å². The zero-order valence-corrected chi connectivity index (χ0v) is 18.1. The first kappa shape index (κ1) is 20.9. The highest BCUT2D eigenvalue weighted by Gasteiger charge is 2.37. The molecule has 3 amide bonds. The summed E-state index contributed by atoms with van der Waals surface area (Å²) in [6.45, 7) is 2.50. The molecule has 2 unspecified atom stereocenters. The highest BCUT2D eigenvalue weighted by atomic mass is 16.5. The van der Waals surface area contributed by atoms with Crippen molar-refractivity contribution in [2.75, 3.05) is 19.7 Å². The maximum Gasteiger partial charge on any atom is 0.318 e. The van der Waals surface area contributed by atoms with Gasteiger partial charge in [0.2, 0.25) is 17.7 Å². The number of nitrogens with one attached hydrogen (secondary N) is 1. The molecule has 1 aromatic carbocycles. The van der Waals surface area contributed by atoms with E-state index in [0.29, 0.717) is 44.4 Å². The van der Waals surface area contributed by atoms with E-state index in [1.807, 2.05) is 30.3 Å². The fraction of sp³-hybridized carbons (Fsp3) is 0.565. The summed E-state index contributed by atoms with van der Waals surface area (Å²) in [6, 6.07) is 8.88. The summed E-state index contributed by atoms with van der Waals surface area (Å²) in [5.41, 5.74) is 1.09. The summed E-state index contributed by atoms with van der Waals surface area (Å²) < 4.78 is 11.6. The first-order valence-corrected chi connectivity index (χ1v) is 11.5. The maximum atomic E-state index is 13.1. The molecule has 5 rings (SSSR count). The number of hydrogen-bond donors (Lipinski definition) is 1. The molecule has 3 fully saturated rings. The first-order valence-electron chi connectivity index (χ1n) is 11.5. The number of carbonyl (C=O) groups excluding carboxylic acids is 2. The predicted octanol–water partition coefficient (Wildman–Crippen LogP) is 2.96. The molecular weight excluding hydrogens is 410 g/mol. The Labute approximate surface area is 187 Å². The van der Waals surface area contributed by atoms with E-state index in [4.69, 9.17) is 9.15 Å². The Hall–Kier alpha value is -2.94. The minimum absolute atomic E-state index is 0.0331. The van der Waals surface area contributed by atoms with Gasteiger partial charge in [-0.3, -0.25) is 4.79 Å². The second-order valence-corrected chi connectivity index (χ2v) is 8.72. The fourth-order valence-electron chi connectivity index (χ4n) is 4.78.